The van der Waals surface area contributed by atoms with Crippen LogP contribution in [0, 0.1) is 13.8 Å². The topological polar surface area (TPSA) is 86.7 Å². The third-order valence-electron chi connectivity index (χ3n) is 4.56. The van der Waals surface area contributed by atoms with Crippen molar-refractivity contribution in [1.29, 1.82) is 0 Å². The van der Waals surface area contributed by atoms with E-state index in [1.807, 2.05) is 6.92 Å². The number of hydrogen-bond donors (Lipinski definition) is 2. The third kappa shape index (κ3) is 3.44. The zero-order valence-corrected chi connectivity index (χ0v) is 14.7. The molecule has 0 saturated carbocycles. The Morgan fingerprint density at radius 1 is 1.08 bits per heavy atom. The number of rotatable bonds is 4. The molecule has 0 spiro atoms. The Labute approximate surface area is 151 Å². The van der Waals surface area contributed by atoms with Gasteiger partial charge in [0, 0.05) is 29.9 Å². The number of aromatic carboxylic acids is 1. The summed E-state index contributed by atoms with van der Waals surface area (Å²) in [5, 5.41) is 12.0. The van der Waals surface area contributed by atoms with E-state index in [-0.39, 0.29) is 17.4 Å². The quantitative estimate of drug-likeness (QED) is 0.883. The molecule has 3 rings (SSSR count). The van der Waals surface area contributed by atoms with Crippen LogP contribution in [0.5, 0.6) is 0 Å². The van der Waals surface area contributed by atoms with Gasteiger partial charge in [-0.2, -0.15) is 0 Å². The normalized spacial score (nSPS) is 13.8. The zero-order valence-electron chi connectivity index (χ0n) is 14.7. The molecule has 1 aliphatic rings. The van der Waals surface area contributed by atoms with Crippen molar-refractivity contribution in [2.24, 2.45) is 0 Å². The molecule has 1 saturated heterocycles. The van der Waals surface area contributed by atoms with E-state index in [9.17, 15) is 19.5 Å². The minimum Gasteiger partial charge on any atom is -0.478 e. The average molecular weight is 352 g/mol. The molecule has 6 heteroatoms. The first-order chi connectivity index (χ1) is 12.4. The molecule has 1 heterocycles. The van der Waals surface area contributed by atoms with Gasteiger partial charge in [-0.05, 0) is 61.7 Å². The second-order valence-electron chi connectivity index (χ2n) is 6.44. The molecule has 0 bridgehead atoms. The van der Waals surface area contributed by atoms with Crippen LogP contribution in [0.3, 0.4) is 0 Å². The van der Waals surface area contributed by atoms with Crippen LogP contribution in [0.15, 0.2) is 36.4 Å². The lowest BCUT2D eigenvalue weighted by Gasteiger charge is -2.16. The summed E-state index contributed by atoms with van der Waals surface area (Å²) in [5.41, 5.74) is 3.29. The predicted molar refractivity (Wildman–Crippen MR) is 98.9 cm³/mol. The highest BCUT2D eigenvalue weighted by atomic mass is 16.4. The first-order valence-corrected chi connectivity index (χ1v) is 8.43. The summed E-state index contributed by atoms with van der Waals surface area (Å²) in [5.74, 6) is -1.26. The van der Waals surface area contributed by atoms with Crippen LogP contribution in [0.25, 0.3) is 0 Å². The van der Waals surface area contributed by atoms with E-state index in [4.69, 9.17) is 0 Å². The molecule has 0 radical (unpaired) electrons. The first-order valence-electron chi connectivity index (χ1n) is 8.43. The standard InChI is InChI=1S/C20H20N2O4/c1-12-10-13(2)17(11-16(12)20(25)26)21-19(24)14-5-7-15(8-6-14)22-9-3-4-18(22)23/h5-8,10-11H,3-4,9H2,1-2H3,(H,21,24)(H,25,26). The van der Waals surface area contributed by atoms with Crippen LogP contribution in [-0.2, 0) is 4.79 Å². The molecule has 26 heavy (non-hydrogen) atoms. The number of nitrogens with zero attached hydrogens (tertiary/aromatic N) is 1. The van der Waals surface area contributed by atoms with Crippen molar-refractivity contribution in [1.82, 2.24) is 0 Å². The summed E-state index contributed by atoms with van der Waals surface area (Å²) in [7, 11) is 0. The van der Waals surface area contributed by atoms with E-state index in [1.54, 1.807) is 42.2 Å². The lowest BCUT2D eigenvalue weighted by molar-refractivity contribution is -0.117. The van der Waals surface area contributed by atoms with Gasteiger partial charge in [-0.3, -0.25) is 9.59 Å². The van der Waals surface area contributed by atoms with Gasteiger partial charge in [0.1, 0.15) is 0 Å². The molecule has 0 atom stereocenters. The van der Waals surface area contributed by atoms with Crippen LogP contribution in [-0.4, -0.2) is 29.4 Å². The van der Waals surface area contributed by atoms with E-state index in [0.717, 1.165) is 17.7 Å². The number of carbonyl (C=O) groups excluding carboxylic acids is 2. The maximum absolute atomic E-state index is 12.5. The lowest BCUT2D eigenvalue weighted by atomic mass is 10.0. The molecule has 0 aliphatic carbocycles. The van der Waals surface area contributed by atoms with E-state index >= 15 is 0 Å². The number of carboxylic acids is 1. The number of nitrogens with one attached hydrogen (secondary N) is 1. The van der Waals surface area contributed by atoms with E-state index in [2.05, 4.69) is 5.32 Å². The molecule has 2 aromatic rings. The summed E-state index contributed by atoms with van der Waals surface area (Å²) in [6.45, 7) is 4.24. The van der Waals surface area contributed by atoms with Crippen LogP contribution in [0.1, 0.15) is 44.7 Å². The second-order valence-corrected chi connectivity index (χ2v) is 6.44. The van der Waals surface area contributed by atoms with Crippen molar-refractivity contribution < 1.29 is 19.5 Å². The molecule has 2 aromatic carbocycles. The summed E-state index contributed by atoms with van der Waals surface area (Å²) >= 11 is 0. The lowest BCUT2D eigenvalue weighted by Crippen LogP contribution is -2.23. The van der Waals surface area contributed by atoms with Gasteiger partial charge in [0.15, 0.2) is 0 Å². The molecular weight excluding hydrogens is 332 g/mol. The fourth-order valence-electron chi connectivity index (χ4n) is 3.13. The van der Waals surface area contributed by atoms with Gasteiger partial charge < -0.3 is 15.3 Å². The van der Waals surface area contributed by atoms with Gasteiger partial charge in [-0.15, -0.1) is 0 Å². The van der Waals surface area contributed by atoms with Gasteiger partial charge in [-0.25, -0.2) is 4.79 Å². The molecular formula is C20H20N2O4. The fourth-order valence-corrected chi connectivity index (χ4v) is 3.13. The molecule has 1 aliphatic heterocycles. The summed E-state index contributed by atoms with van der Waals surface area (Å²) < 4.78 is 0. The van der Waals surface area contributed by atoms with Crippen LogP contribution >= 0.6 is 0 Å². The van der Waals surface area contributed by atoms with Crippen molar-refractivity contribution in [3.63, 3.8) is 0 Å². The van der Waals surface area contributed by atoms with Crippen LogP contribution < -0.4 is 10.2 Å². The van der Waals surface area contributed by atoms with Crippen molar-refractivity contribution >= 4 is 29.2 Å². The smallest absolute Gasteiger partial charge is 0.336 e. The summed E-state index contributed by atoms with van der Waals surface area (Å²) in [6, 6.07) is 10.0. The average Bonchev–Trinajstić information content (AvgIpc) is 3.03. The Balaban J connectivity index is 1.79. The SMILES string of the molecule is Cc1cc(C)c(C(=O)O)cc1NC(=O)c1ccc(N2CCCC2=O)cc1. The van der Waals surface area contributed by atoms with Gasteiger partial charge in [0.25, 0.3) is 5.91 Å². The van der Waals surface area contributed by atoms with Crippen LogP contribution in [0.2, 0.25) is 0 Å². The van der Waals surface area contributed by atoms with Gasteiger partial charge >= 0.3 is 5.97 Å². The van der Waals surface area contributed by atoms with Gasteiger partial charge in [0.2, 0.25) is 5.91 Å². The molecule has 0 aromatic heterocycles. The van der Waals surface area contributed by atoms with Gasteiger partial charge in [-0.1, -0.05) is 6.07 Å². The third-order valence-corrected chi connectivity index (χ3v) is 4.56. The molecule has 134 valence electrons. The Bertz CT molecular complexity index is 887. The van der Waals surface area contributed by atoms with Crippen molar-refractivity contribution in [3.8, 4) is 0 Å². The van der Waals surface area contributed by atoms with E-state index in [1.165, 1.54) is 6.07 Å². The molecule has 2 N–H and O–H groups in total. The largest absolute Gasteiger partial charge is 0.478 e. The second kappa shape index (κ2) is 7.00. The van der Waals surface area contributed by atoms with E-state index in [0.29, 0.717) is 29.8 Å². The Kier molecular flexibility index (Phi) is 4.75. The summed E-state index contributed by atoms with van der Waals surface area (Å²) in [6.07, 6.45) is 1.40. The molecule has 6 nitrogen and oxygen atoms in total. The van der Waals surface area contributed by atoms with E-state index < -0.39 is 5.97 Å². The maximum Gasteiger partial charge on any atom is 0.336 e. The first kappa shape index (κ1) is 17.7. The van der Waals surface area contributed by atoms with Crippen molar-refractivity contribution in [3.05, 3.63) is 58.7 Å². The van der Waals surface area contributed by atoms with Crippen molar-refractivity contribution in [2.75, 3.05) is 16.8 Å². The van der Waals surface area contributed by atoms with Crippen LogP contribution in [0.4, 0.5) is 11.4 Å². The molecule has 2 amide bonds. The number of hydrogen-bond acceptors (Lipinski definition) is 3. The number of benzene rings is 2. The zero-order chi connectivity index (χ0) is 18.8. The minimum atomic E-state index is -1.03. The molecule has 0 unspecified atom stereocenters. The molecule has 1 fully saturated rings. The Morgan fingerprint density at radius 2 is 1.77 bits per heavy atom. The highest BCUT2D eigenvalue weighted by molar-refractivity contribution is 6.06. The Morgan fingerprint density at radius 3 is 2.35 bits per heavy atom. The highest BCUT2D eigenvalue weighted by Crippen LogP contribution is 2.24. The number of anilines is 2. The number of carboxylic acid groups (broad SMARTS) is 1. The fraction of sp³-hybridized carbons (Fsp3) is 0.250. The number of amides is 2. The Hall–Kier alpha value is -3.15. The minimum absolute atomic E-state index is 0.0960. The number of aryl methyl sites for hydroxylation is 2. The highest BCUT2D eigenvalue weighted by Gasteiger charge is 2.21. The van der Waals surface area contributed by atoms with Gasteiger partial charge in [0.05, 0.1) is 5.56 Å². The summed E-state index contributed by atoms with van der Waals surface area (Å²) in [4.78, 5) is 37.3. The number of carbonyl (C=O) groups is 3. The predicted octanol–water partition coefficient (Wildman–Crippen LogP) is 3.38. The monoisotopic (exact) mass is 352 g/mol. The maximum atomic E-state index is 12.5. The van der Waals surface area contributed by atoms with Crippen molar-refractivity contribution in [2.45, 2.75) is 26.7 Å².